The van der Waals surface area contributed by atoms with E-state index >= 15 is 0 Å². The van der Waals surface area contributed by atoms with Crippen molar-refractivity contribution in [3.63, 3.8) is 0 Å². The van der Waals surface area contributed by atoms with Crippen LogP contribution in [0.5, 0.6) is 11.5 Å². The summed E-state index contributed by atoms with van der Waals surface area (Å²) in [7, 11) is 0. The maximum absolute atomic E-state index is 13.1. The highest BCUT2D eigenvalue weighted by Gasteiger charge is 2.34. The van der Waals surface area contributed by atoms with Gasteiger partial charge in [-0.25, -0.2) is 19.2 Å². The van der Waals surface area contributed by atoms with Gasteiger partial charge in [0.2, 0.25) is 0 Å². The molecular formula is C50H58N2O12. The molecule has 2 aromatic heterocycles. The Morgan fingerprint density at radius 3 is 1.20 bits per heavy atom. The lowest BCUT2D eigenvalue weighted by atomic mass is 10.1. The van der Waals surface area contributed by atoms with Gasteiger partial charge in [-0.2, -0.15) is 0 Å². The fourth-order valence-electron chi connectivity index (χ4n) is 6.49. The van der Waals surface area contributed by atoms with E-state index in [0.717, 1.165) is 99.7 Å². The third-order valence-electron chi connectivity index (χ3n) is 10.1. The molecule has 14 heteroatoms. The van der Waals surface area contributed by atoms with Crippen LogP contribution in [-0.4, -0.2) is 86.1 Å². The third kappa shape index (κ3) is 17.1. The van der Waals surface area contributed by atoms with Gasteiger partial charge in [0.15, 0.2) is 0 Å². The Hall–Kier alpha value is -6.38. The topological polar surface area (TPSA) is 168 Å². The van der Waals surface area contributed by atoms with E-state index in [1.165, 1.54) is 24.5 Å². The lowest BCUT2D eigenvalue weighted by Gasteiger charge is -2.30. The summed E-state index contributed by atoms with van der Waals surface area (Å²) in [5, 5.41) is 0. The number of aromatic nitrogens is 2. The number of nitrogens with zero attached hydrogens (tertiary/aromatic N) is 2. The molecule has 0 aliphatic carbocycles. The Morgan fingerprint density at radius 1 is 0.500 bits per heavy atom. The fraction of sp³-hybridized carbons (Fsp3) is 0.400. The van der Waals surface area contributed by atoms with Crippen molar-refractivity contribution in [3.8, 4) is 34.0 Å². The quantitative estimate of drug-likeness (QED) is 0.0229. The Morgan fingerprint density at radius 2 is 0.859 bits per heavy atom. The molecule has 0 amide bonds. The van der Waals surface area contributed by atoms with E-state index in [-0.39, 0.29) is 36.3 Å². The summed E-state index contributed by atoms with van der Waals surface area (Å²) < 4.78 is 44.1. The first-order chi connectivity index (χ1) is 31.3. The highest BCUT2D eigenvalue weighted by molar-refractivity contribution is 5.90. The number of hydrogen-bond donors (Lipinski definition) is 0. The van der Waals surface area contributed by atoms with Crippen molar-refractivity contribution in [1.82, 2.24) is 9.97 Å². The molecule has 0 N–H and O–H groups in total. The van der Waals surface area contributed by atoms with Gasteiger partial charge in [-0.15, -0.1) is 0 Å². The van der Waals surface area contributed by atoms with Crippen LogP contribution >= 0.6 is 0 Å². The number of carbonyl (C=O) groups is 4. The second-order valence-corrected chi connectivity index (χ2v) is 14.9. The minimum atomic E-state index is -1.29. The van der Waals surface area contributed by atoms with E-state index in [1.807, 2.05) is 48.5 Å². The number of pyridine rings is 2. The van der Waals surface area contributed by atoms with Crippen LogP contribution in [0.15, 0.2) is 111 Å². The highest BCUT2D eigenvalue weighted by atomic mass is 16.8. The third-order valence-corrected chi connectivity index (χ3v) is 10.1. The van der Waals surface area contributed by atoms with Gasteiger partial charge in [-0.3, -0.25) is 9.97 Å². The van der Waals surface area contributed by atoms with Gasteiger partial charge >= 0.3 is 23.9 Å². The zero-order valence-corrected chi connectivity index (χ0v) is 36.3. The number of unbranched alkanes of at least 4 members (excludes halogenated alkanes) is 10. The van der Waals surface area contributed by atoms with Crippen molar-refractivity contribution in [2.45, 2.75) is 89.6 Å². The maximum Gasteiger partial charge on any atom is 0.342 e. The lowest BCUT2D eigenvalue weighted by molar-refractivity contribution is -0.288. The summed E-state index contributed by atoms with van der Waals surface area (Å²) >= 11 is 0. The van der Waals surface area contributed by atoms with Crippen LogP contribution in [0.25, 0.3) is 22.5 Å². The molecule has 4 aromatic rings. The standard InChI is InChI=1S/C50H58N2O12/c1-3-45(53)59-31-15-11-7-5-9-13-29-57-41-23-17-37(18-24-41)43-27-21-39(35-51-43)47(55)63-49-50(62-34-33-61-49)64-48(56)40-22-28-44(52-36-40)38-19-25-42(26-20-38)58-30-14-10-6-8-12-16-32-60-46(54)4-2/h3-4,17-28,35-36,49-50H,1-2,5-16,29-34H2/t49-,50-/m0/s1. The van der Waals surface area contributed by atoms with Crippen molar-refractivity contribution >= 4 is 23.9 Å². The summed E-state index contributed by atoms with van der Waals surface area (Å²) in [6.07, 6.45) is 14.7. The smallest absolute Gasteiger partial charge is 0.342 e. The predicted molar refractivity (Wildman–Crippen MR) is 238 cm³/mol. The molecule has 0 radical (unpaired) electrons. The van der Waals surface area contributed by atoms with E-state index < -0.39 is 24.5 Å². The van der Waals surface area contributed by atoms with Crippen molar-refractivity contribution in [1.29, 1.82) is 0 Å². The molecule has 14 nitrogen and oxygen atoms in total. The van der Waals surface area contributed by atoms with Crippen molar-refractivity contribution in [2.24, 2.45) is 0 Å². The molecule has 0 unspecified atom stereocenters. The minimum Gasteiger partial charge on any atom is -0.494 e. The second kappa shape index (κ2) is 27.6. The molecule has 0 bridgehead atoms. The van der Waals surface area contributed by atoms with E-state index in [2.05, 4.69) is 23.1 Å². The first-order valence-electron chi connectivity index (χ1n) is 21.9. The molecule has 3 heterocycles. The van der Waals surface area contributed by atoms with Gasteiger partial charge in [-0.05, 0) is 98.5 Å². The lowest BCUT2D eigenvalue weighted by Crippen LogP contribution is -2.44. The van der Waals surface area contributed by atoms with E-state index in [9.17, 15) is 19.2 Å². The van der Waals surface area contributed by atoms with Crippen LogP contribution in [-0.2, 0) is 38.0 Å². The molecule has 1 saturated heterocycles. The maximum atomic E-state index is 13.1. The van der Waals surface area contributed by atoms with Gasteiger partial charge in [-0.1, -0.05) is 64.5 Å². The molecule has 2 atom stereocenters. The molecule has 1 aliphatic heterocycles. The van der Waals surface area contributed by atoms with Gasteiger partial charge < -0.3 is 37.9 Å². The van der Waals surface area contributed by atoms with Gasteiger partial charge in [0.25, 0.3) is 12.6 Å². The predicted octanol–water partition coefficient (Wildman–Crippen LogP) is 9.42. The number of esters is 4. The Kier molecular flexibility index (Phi) is 21.0. The Labute approximate surface area is 374 Å². The molecule has 5 rings (SSSR count). The van der Waals surface area contributed by atoms with Crippen molar-refractivity contribution in [2.75, 3.05) is 39.6 Å². The van der Waals surface area contributed by atoms with Crippen LogP contribution < -0.4 is 9.47 Å². The first kappa shape index (κ1) is 48.6. The average Bonchev–Trinajstić information content (AvgIpc) is 3.33. The normalized spacial score (nSPS) is 14.4. The monoisotopic (exact) mass is 878 g/mol. The van der Waals surface area contributed by atoms with Crippen LogP contribution in [0.3, 0.4) is 0 Å². The molecule has 0 saturated carbocycles. The van der Waals surface area contributed by atoms with Gasteiger partial charge in [0, 0.05) is 35.7 Å². The molecular weight excluding hydrogens is 821 g/mol. The molecule has 1 fully saturated rings. The second-order valence-electron chi connectivity index (χ2n) is 14.9. The highest BCUT2D eigenvalue weighted by Crippen LogP contribution is 2.24. The fourth-order valence-corrected chi connectivity index (χ4v) is 6.49. The zero-order chi connectivity index (χ0) is 45.2. The van der Waals surface area contributed by atoms with Crippen LogP contribution in [0.2, 0.25) is 0 Å². The number of carbonyl (C=O) groups excluding carboxylic acids is 4. The number of rotatable bonds is 28. The number of hydrogen-bond acceptors (Lipinski definition) is 14. The van der Waals surface area contributed by atoms with Crippen LogP contribution in [0, 0.1) is 0 Å². The number of ether oxygens (including phenoxy) is 8. The van der Waals surface area contributed by atoms with Crippen LogP contribution in [0.4, 0.5) is 0 Å². The van der Waals surface area contributed by atoms with Crippen LogP contribution in [0.1, 0.15) is 97.8 Å². The molecule has 1 aliphatic rings. The first-order valence-corrected chi connectivity index (χ1v) is 21.9. The van der Waals surface area contributed by atoms with E-state index in [1.54, 1.807) is 24.3 Å². The van der Waals surface area contributed by atoms with Gasteiger partial charge in [0.05, 0.1) is 62.2 Å². The Bertz CT molecular complexity index is 1910. The van der Waals surface area contributed by atoms with Gasteiger partial charge in [0.1, 0.15) is 11.5 Å². The molecule has 340 valence electrons. The molecule has 64 heavy (non-hydrogen) atoms. The minimum absolute atomic E-state index is 0.139. The van der Waals surface area contributed by atoms with E-state index in [0.29, 0.717) is 37.8 Å². The zero-order valence-electron chi connectivity index (χ0n) is 36.3. The van der Waals surface area contributed by atoms with Crippen molar-refractivity contribution in [3.05, 3.63) is 122 Å². The van der Waals surface area contributed by atoms with Crippen molar-refractivity contribution < 1.29 is 57.1 Å². The summed E-state index contributed by atoms with van der Waals surface area (Å²) in [5.74, 6) is -0.676. The number of benzene rings is 2. The SMILES string of the molecule is C=CC(=O)OCCCCCCCCOc1ccc(-c2ccc(C(=O)O[C@@H]3OCCO[C@H]3OC(=O)c3ccc(-c4ccc(OCCCCCCCCOC(=O)C=C)cc4)nc3)cn2)cc1. The molecule has 0 spiro atoms. The average molecular weight is 879 g/mol. The summed E-state index contributed by atoms with van der Waals surface area (Å²) in [5.41, 5.74) is 3.38. The summed E-state index contributed by atoms with van der Waals surface area (Å²) in [4.78, 5) is 57.2. The summed E-state index contributed by atoms with van der Waals surface area (Å²) in [6.45, 7) is 9.14. The van der Waals surface area contributed by atoms with E-state index in [4.69, 9.17) is 37.9 Å². The largest absolute Gasteiger partial charge is 0.494 e. The Balaban J connectivity index is 0.987. The summed E-state index contributed by atoms with van der Waals surface area (Å²) in [6, 6.07) is 21.8. The molecule has 2 aromatic carbocycles.